The number of thiophene rings is 1. The summed E-state index contributed by atoms with van der Waals surface area (Å²) >= 11 is 1.04. The Kier molecular flexibility index (Phi) is 10.3. The fourth-order valence-electron chi connectivity index (χ4n) is 5.56. The van der Waals surface area contributed by atoms with Crippen molar-refractivity contribution >= 4 is 62.8 Å². The third-order valence-corrected chi connectivity index (χ3v) is 16.9. The summed E-state index contributed by atoms with van der Waals surface area (Å²) in [5, 5.41) is 5.49. The maximum atomic E-state index is 13.9. The van der Waals surface area contributed by atoms with E-state index >= 15 is 0 Å². The van der Waals surface area contributed by atoms with Gasteiger partial charge in [-0.15, -0.1) is 11.3 Å². The number of benzene rings is 1. The Hall–Kier alpha value is -3.04. The van der Waals surface area contributed by atoms with E-state index < -0.39 is 41.5 Å². The van der Waals surface area contributed by atoms with Gasteiger partial charge in [0.25, 0.3) is 0 Å². The molecule has 11 nitrogen and oxygen atoms in total. The number of hydrogen-bond acceptors (Lipinski definition) is 10. The lowest BCUT2D eigenvalue weighted by atomic mass is 10.1. The first-order valence-electron chi connectivity index (χ1n) is 17.2. The number of fused-ring (bicyclic) bond motifs is 2. The van der Waals surface area contributed by atoms with Gasteiger partial charge in [0.05, 0.1) is 28.0 Å². The van der Waals surface area contributed by atoms with Crippen molar-refractivity contribution in [2.24, 2.45) is 0 Å². The fraction of sp³-hybridized carbons (Fsp3) is 0.583. The molecule has 0 amide bonds. The molecule has 4 aromatic rings. The van der Waals surface area contributed by atoms with E-state index in [9.17, 15) is 18.0 Å². The minimum absolute atomic E-state index is 0.0451. The average Bonchev–Trinajstić information content (AvgIpc) is 3.66. The molecule has 0 spiro atoms. The molecule has 1 aromatic carbocycles. The van der Waals surface area contributed by atoms with Crippen molar-refractivity contribution in [3.63, 3.8) is 0 Å². The van der Waals surface area contributed by atoms with Crippen LogP contribution < -0.4 is 0 Å². The second-order valence-electron chi connectivity index (χ2n) is 16.7. The number of carbonyl (C=O) groups excluding carboxylic acids is 2. The topological polar surface area (TPSA) is 122 Å². The van der Waals surface area contributed by atoms with Crippen molar-refractivity contribution in [3.05, 3.63) is 35.9 Å². The number of aromatic nitrogens is 3. The van der Waals surface area contributed by atoms with Crippen LogP contribution in [-0.2, 0) is 30.3 Å². The van der Waals surface area contributed by atoms with Crippen molar-refractivity contribution < 1.29 is 31.9 Å². The summed E-state index contributed by atoms with van der Waals surface area (Å²) in [4.78, 5) is 29.4. The third kappa shape index (κ3) is 8.36. The van der Waals surface area contributed by atoms with Crippen LogP contribution in [0.25, 0.3) is 32.5 Å². The largest absolute Gasteiger partial charge is 0.443 e. The molecule has 1 fully saturated rings. The Morgan fingerprint density at radius 1 is 0.860 bits per heavy atom. The minimum Gasteiger partial charge on any atom is -0.443 e. The van der Waals surface area contributed by atoms with Gasteiger partial charge in [0.1, 0.15) is 27.0 Å². The zero-order valence-corrected chi connectivity index (χ0v) is 33.9. The highest BCUT2D eigenvalue weighted by Crippen LogP contribution is 2.41. The smallest absolute Gasteiger partial charge is 0.435 e. The zero-order chi connectivity index (χ0) is 37.0. The van der Waals surface area contributed by atoms with Crippen LogP contribution in [0.4, 0.5) is 9.59 Å². The molecule has 1 aliphatic heterocycles. The van der Waals surface area contributed by atoms with E-state index in [0.29, 0.717) is 28.0 Å². The van der Waals surface area contributed by atoms with Gasteiger partial charge >= 0.3 is 12.2 Å². The summed E-state index contributed by atoms with van der Waals surface area (Å²) in [5.74, 6) is -0.108. The van der Waals surface area contributed by atoms with Crippen molar-refractivity contribution in [3.8, 4) is 11.4 Å². The van der Waals surface area contributed by atoms with Gasteiger partial charge < -0.3 is 13.9 Å². The highest BCUT2D eigenvalue weighted by Gasteiger charge is 2.37. The van der Waals surface area contributed by atoms with Gasteiger partial charge in [-0.2, -0.15) is 9.78 Å². The number of ether oxygens (including phenoxy) is 2. The number of carbonyl (C=O) groups is 2. The summed E-state index contributed by atoms with van der Waals surface area (Å²) < 4.78 is 48.7. The van der Waals surface area contributed by atoms with Gasteiger partial charge in [-0.3, -0.25) is 4.90 Å². The molecule has 5 rings (SSSR count). The summed E-state index contributed by atoms with van der Waals surface area (Å²) in [7, 11) is -5.76. The summed E-state index contributed by atoms with van der Waals surface area (Å²) in [6.07, 6.45) is 1.63. The van der Waals surface area contributed by atoms with E-state index in [1.54, 1.807) is 41.5 Å². The van der Waals surface area contributed by atoms with E-state index in [-0.39, 0.29) is 20.8 Å². The van der Waals surface area contributed by atoms with Crippen LogP contribution in [0.5, 0.6) is 0 Å². The second kappa shape index (κ2) is 13.5. The first-order chi connectivity index (χ1) is 23.0. The molecular formula is C36H52N4O7S2Si. The molecular weight excluding hydrogens is 693 g/mol. The first-order valence-corrected chi connectivity index (χ1v) is 22.6. The zero-order valence-electron chi connectivity index (χ0n) is 31.3. The molecule has 0 bridgehead atoms. The molecule has 0 unspecified atom stereocenters. The van der Waals surface area contributed by atoms with E-state index in [0.717, 1.165) is 59.3 Å². The average molecular weight is 745 g/mol. The quantitative estimate of drug-likeness (QED) is 0.171. The van der Waals surface area contributed by atoms with Crippen LogP contribution in [0.15, 0.2) is 34.5 Å². The van der Waals surface area contributed by atoms with Crippen LogP contribution >= 0.6 is 11.3 Å². The lowest BCUT2D eigenvalue weighted by molar-refractivity contribution is 0.0520. The first kappa shape index (κ1) is 38.2. The Morgan fingerprint density at radius 2 is 1.48 bits per heavy atom. The van der Waals surface area contributed by atoms with Gasteiger partial charge in [-0.05, 0) is 115 Å². The van der Waals surface area contributed by atoms with Gasteiger partial charge in [-0.25, -0.2) is 22.6 Å². The molecule has 4 heterocycles. The molecule has 3 aromatic heterocycles. The Bertz CT molecular complexity index is 2020. The van der Waals surface area contributed by atoms with Gasteiger partial charge in [0, 0.05) is 5.39 Å². The van der Waals surface area contributed by atoms with Crippen molar-refractivity contribution in [2.75, 3.05) is 19.0 Å². The van der Waals surface area contributed by atoms with Crippen LogP contribution in [0, 0.1) is 0 Å². The van der Waals surface area contributed by atoms with Crippen LogP contribution in [0.3, 0.4) is 0 Å². The maximum absolute atomic E-state index is 13.9. The monoisotopic (exact) mass is 744 g/mol. The van der Waals surface area contributed by atoms with Crippen molar-refractivity contribution in [1.29, 1.82) is 0 Å². The van der Waals surface area contributed by atoms with Crippen LogP contribution in [-0.4, -0.2) is 78.3 Å². The maximum Gasteiger partial charge on any atom is 0.435 e. The second-order valence-corrected chi connectivity index (χ2v) is 24.8. The normalized spacial score (nSPS) is 15.6. The molecule has 0 radical (unpaired) electrons. The number of sulfone groups is 1. The van der Waals surface area contributed by atoms with Crippen LogP contribution in [0.1, 0.15) is 87.1 Å². The highest BCUT2D eigenvalue weighted by molar-refractivity contribution is 7.93. The minimum atomic E-state index is -3.74. The molecule has 0 N–H and O–H groups in total. The number of nitrogens with zero attached hydrogens (tertiary/aromatic N) is 4. The Balaban J connectivity index is 1.68. The molecule has 1 aliphatic rings. The van der Waals surface area contributed by atoms with Gasteiger partial charge in [0.2, 0.25) is 9.84 Å². The Morgan fingerprint density at radius 3 is 2.08 bits per heavy atom. The van der Waals surface area contributed by atoms with E-state index in [1.165, 1.54) is 10.6 Å². The number of hydrogen-bond donors (Lipinski definition) is 0. The standard InChI is InChI=1S/C36H52N4O7S2Si/c1-34(2,3)46-32(41)39-26-16-15-24(22-45-50(10,11)36(7,8)9)19-25(26)20-27(39)30-31-28(40(37-30)33(42)47-35(4,5)6)21-29(48-31)49(43,44)23-38-17-13-12-14-18-38/h15-16,19-21H,12-14,17-18,22-23H2,1-11H3. The summed E-state index contributed by atoms with van der Waals surface area (Å²) in [5.41, 5.74) is 0.833. The molecule has 0 aliphatic carbocycles. The highest BCUT2D eigenvalue weighted by atomic mass is 32.2. The van der Waals surface area contributed by atoms with Crippen LogP contribution in [0.2, 0.25) is 18.1 Å². The predicted molar refractivity (Wildman–Crippen MR) is 201 cm³/mol. The number of likely N-dealkylation sites (tertiary alicyclic amines) is 1. The number of piperidine rings is 1. The molecule has 1 saturated heterocycles. The molecule has 14 heteroatoms. The summed E-state index contributed by atoms with van der Waals surface area (Å²) in [6, 6.07) is 9.11. The molecule has 0 saturated carbocycles. The lowest BCUT2D eigenvalue weighted by Gasteiger charge is -2.36. The predicted octanol–water partition coefficient (Wildman–Crippen LogP) is 9.02. The van der Waals surface area contributed by atoms with Gasteiger partial charge in [-0.1, -0.05) is 33.3 Å². The molecule has 0 atom stereocenters. The Labute approximate surface area is 300 Å². The van der Waals surface area contributed by atoms with E-state index in [2.05, 4.69) is 33.9 Å². The van der Waals surface area contributed by atoms with E-state index in [1.807, 2.05) is 29.2 Å². The number of rotatable bonds is 7. The molecule has 50 heavy (non-hydrogen) atoms. The summed E-state index contributed by atoms with van der Waals surface area (Å²) in [6.45, 7) is 23.5. The lowest BCUT2D eigenvalue weighted by Crippen LogP contribution is -2.40. The van der Waals surface area contributed by atoms with Crippen molar-refractivity contribution in [2.45, 2.75) is 122 Å². The van der Waals surface area contributed by atoms with Gasteiger partial charge in [0.15, 0.2) is 8.32 Å². The van der Waals surface area contributed by atoms with E-state index in [4.69, 9.17) is 19.0 Å². The SMILES string of the molecule is CC(C)(C)OC(=O)n1nc(-c2cc3cc(CO[Si](C)(C)C(C)(C)C)ccc3n2C(=O)OC(C)(C)C)c2sc(S(=O)(=O)CN3CCCCC3)cc21. The van der Waals surface area contributed by atoms with Crippen molar-refractivity contribution in [1.82, 2.24) is 19.2 Å². The fourth-order valence-corrected chi connectivity index (χ4v) is 9.45. The molecule has 274 valence electrons. The third-order valence-electron chi connectivity index (χ3n) is 9.10.